The molecule has 0 aromatic rings. The van der Waals surface area contributed by atoms with Gasteiger partial charge in [0, 0.05) is 11.4 Å². The van der Waals surface area contributed by atoms with E-state index in [1.165, 1.54) is 0 Å². The van der Waals surface area contributed by atoms with Crippen LogP contribution in [0.4, 0.5) is 0 Å². The molecule has 0 unspecified atom stereocenters. The maximum atomic E-state index is 5.50. The van der Waals surface area contributed by atoms with Gasteiger partial charge in [-0.2, -0.15) is 0 Å². The third kappa shape index (κ3) is 5.67. The van der Waals surface area contributed by atoms with E-state index in [0.717, 1.165) is 11.4 Å². The van der Waals surface area contributed by atoms with Crippen LogP contribution in [0.5, 0.6) is 0 Å². The lowest BCUT2D eigenvalue weighted by molar-refractivity contribution is 1.35. The summed E-state index contributed by atoms with van der Waals surface area (Å²) >= 11 is 5.38. The van der Waals surface area contributed by atoms with Crippen LogP contribution in [0.25, 0.3) is 0 Å². The Hall–Kier alpha value is -0.760. The Morgan fingerprint density at radius 2 is 2.18 bits per heavy atom. The first-order valence-electron chi connectivity index (χ1n) is 3.37. The van der Waals surface area contributed by atoms with Gasteiger partial charge in [0.2, 0.25) is 0 Å². The Kier molecular flexibility index (Phi) is 5.57. The highest BCUT2D eigenvalue weighted by Crippen LogP contribution is 1.89. The van der Waals surface area contributed by atoms with Crippen molar-refractivity contribution in [2.24, 2.45) is 10.7 Å². The molecule has 0 bridgehead atoms. The minimum absolute atomic E-state index is 0.298. The number of hydrogen-bond donors (Lipinski definition) is 1. The van der Waals surface area contributed by atoms with Gasteiger partial charge in [-0.25, -0.2) is 0 Å². The smallest absolute Gasteiger partial charge is 0.113 e. The first-order valence-corrected chi connectivity index (χ1v) is 3.91. The van der Waals surface area contributed by atoms with Crippen LogP contribution in [0.3, 0.4) is 0 Å². The largest absolute Gasteiger partial charge is 0.399 e. The number of rotatable bonds is 3. The van der Waals surface area contributed by atoms with Crippen LogP contribution in [0.15, 0.2) is 28.9 Å². The van der Waals surface area contributed by atoms with Gasteiger partial charge in [0.1, 0.15) is 6.00 Å². The van der Waals surface area contributed by atoms with Crippen molar-refractivity contribution in [3.8, 4) is 0 Å². The molecular formula is C8H13ClN2. The number of allylic oxidation sites excluding steroid dienone is 3. The van der Waals surface area contributed by atoms with E-state index in [1.54, 1.807) is 6.08 Å². The second-order valence-corrected chi connectivity index (χ2v) is 2.28. The standard InChI is InChI=1S/C8H13ClN2/c1-3-8(10)5-4-7(2)11-6-9/h3-5H,6,10H2,1-2H3/b5-4-,8-3-,11-7-. The minimum Gasteiger partial charge on any atom is -0.399 e. The molecule has 0 spiro atoms. The third-order valence-corrected chi connectivity index (χ3v) is 1.28. The fraction of sp³-hybridized carbons (Fsp3) is 0.375. The number of nitrogens with zero attached hydrogens (tertiary/aromatic N) is 1. The van der Waals surface area contributed by atoms with Gasteiger partial charge in [-0.1, -0.05) is 6.08 Å². The zero-order valence-corrected chi connectivity index (χ0v) is 7.60. The number of alkyl halides is 1. The van der Waals surface area contributed by atoms with E-state index in [4.69, 9.17) is 17.3 Å². The van der Waals surface area contributed by atoms with Crippen molar-refractivity contribution in [3.05, 3.63) is 23.9 Å². The summed E-state index contributed by atoms with van der Waals surface area (Å²) in [5.74, 6) is 0. The van der Waals surface area contributed by atoms with Gasteiger partial charge in [-0.3, -0.25) is 4.99 Å². The molecule has 0 aromatic carbocycles. The fourth-order valence-corrected chi connectivity index (χ4v) is 0.649. The van der Waals surface area contributed by atoms with Crippen molar-refractivity contribution in [2.75, 3.05) is 6.00 Å². The molecule has 0 aliphatic heterocycles. The summed E-state index contributed by atoms with van der Waals surface area (Å²) in [6, 6.07) is 0.298. The van der Waals surface area contributed by atoms with Gasteiger partial charge in [-0.15, -0.1) is 11.6 Å². The van der Waals surface area contributed by atoms with Crippen molar-refractivity contribution < 1.29 is 0 Å². The predicted octanol–water partition coefficient (Wildman–Crippen LogP) is 2.06. The van der Waals surface area contributed by atoms with E-state index < -0.39 is 0 Å². The van der Waals surface area contributed by atoms with E-state index in [-0.39, 0.29) is 0 Å². The van der Waals surface area contributed by atoms with Crippen LogP contribution in [-0.4, -0.2) is 11.7 Å². The highest BCUT2D eigenvalue weighted by atomic mass is 35.5. The fourth-order valence-electron chi connectivity index (χ4n) is 0.460. The summed E-state index contributed by atoms with van der Waals surface area (Å²) in [7, 11) is 0. The molecule has 0 saturated heterocycles. The van der Waals surface area contributed by atoms with E-state index >= 15 is 0 Å². The summed E-state index contributed by atoms with van der Waals surface area (Å²) in [4.78, 5) is 3.94. The number of nitrogens with two attached hydrogens (primary N) is 1. The Bertz CT molecular complexity index is 192. The van der Waals surface area contributed by atoms with Crippen molar-refractivity contribution >= 4 is 17.3 Å². The summed E-state index contributed by atoms with van der Waals surface area (Å²) in [6.07, 6.45) is 5.45. The van der Waals surface area contributed by atoms with Crippen molar-refractivity contribution in [1.29, 1.82) is 0 Å². The second-order valence-electron chi connectivity index (χ2n) is 2.04. The van der Waals surface area contributed by atoms with Crippen molar-refractivity contribution in [2.45, 2.75) is 13.8 Å². The Labute approximate surface area is 72.5 Å². The zero-order valence-electron chi connectivity index (χ0n) is 6.84. The predicted molar refractivity (Wildman–Crippen MR) is 50.9 cm³/mol. The molecule has 2 nitrogen and oxygen atoms in total. The maximum Gasteiger partial charge on any atom is 0.113 e. The Morgan fingerprint density at radius 1 is 1.55 bits per heavy atom. The maximum absolute atomic E-state index is 5.50. The lowest BCUT2D eigenvalue weighted by Crippen LogP contribution is -1.93. The summed E-state index contributed by atoms with van der Waals surface area (Å²) in [6.45, 7) is 3.76. The van der Waals surface area contributed by atoms with Crippen LogP contribution in [0.2, 0.25) is 0 Å². The summed E-state index contributed by atoms with van der Waals surface area (Å²) in [5.41, 5.74) is 7.11. The van der Waals surface area contributed by atoms with E-state index in [2.05, 4.69) is 4.99 Å². The van der Waals surface area contributed by atoms with Gasteiger partial charge in [0.15, 0.2) is 0 Å². The van der Waals surface area contributed by atoms with Gasteiger partial charge in [0.05, 0.1) is 0 Å². The average Bonchev–Trinajstić information content (AvgIpc) is 2.01. The van der Waals surface area contributed by atoms with Crippen LogP contribution < -0.4 is 5.73 Å². The quantitative estimate of drug-likeness (QED) is 0.301. The highest BCUT2D eigenvalue weighted by Gasteiger charge is 1.81. The van der Waals surface area contributed by atoms with Crippen LogP contribution in [0, 0.1) is 0 Å². The van der Waals surface area contributed by atoms with Gasteiger partial charge in [-0.05, 0) is 26.0 Å². The molecule has 0 aromatic heterocycles. The molecule has 0 aliphatic carbocycles. The molecule has 62 valence electrons. The van der Waals surface area contributed by atoms with Crippen molar-refractivity contribution in [1.82, 2.24) is 0 Å². The molecule has 0 saturated carbocycles. The number of halogens is 1. The molecule has 0 rings (SSSR count). The van der Waals surface area contributed by atoms with Gasteiger partial charge >= 0.3 is 0 Å². The monoisotopic (exact) mass is 172 g/mol. The molecule has 3 heteroatoms. The lowest BCUT2D eigenvalue weighted by atomic mass is 10.3. The first kappa shape index (κ1) is 10.2. The Morgan fingerprint density at radius 3 is 2.64 bits per heavy atom. The average molecular weight is 173 g/mol. The topological polar surface area (TPSA) is 38.4 Å². The van der Waals surface area contributed by atoms with E-state index in [1.807, 2.05) is 26.0 Å². The molecule has 0 radical (unpaired) electrons. The molecule has 2 N–H and O–H groups in total. The zero-order chi connectivity index (χ0) is 8.69. The number of hydrogen-bond acceptors (Lipinski definition) is 2. The van der Waals surface area contributed by atoms with Crippen LogP contribution in [-0.2, 0) is 0 Å². The molecule has 0 aliphatic rings. The summed E-state index contributed by atoms with van der Waals surface area (Å²) in [5, 5.41) is 0. The highest BCUT2D eigenvalue weighted by molar-refractivity contribution is 6.18. The molecule has 0 atom stereocenters. The SMILES string of the molecule is C/C=C(N)/C=C\C(C)=N/CCl. The second kappa shape index (κ2) is 5.98. The van der Waals surface area contributed by atoms with E-state index in [9.17, 15) is 0 Å². The lowest BCUT2D eigenvalue weighted by Gasteiger charge is -1.90. The minimum atomic E-state index is 0.298. The van der Waals surface area contributed by atoms with Crippen LogP contribution >= 0.6 is 11.6 Å². The summed E-state index contributed by atoms with van der Waals surface area (Å²) < 4.78 is 0. The third-order valence-electron chi connectivity index (χ3n) is 1.16. The van der Waals surface area contributed by atoms with Gasteiger partial charge < -0.3 is 5.73 Å². The molecule has 11 heavy (non-hydrogen) atoms. The van der Waals surface area contributed by atoms with E-state index in [0.29, 0.717) is 6.00 Å². The van der Waals surface area contributed by atoms with Crippen LogP contribution in [0.1, 0.15) is 13.8 Å². The molecule has 0 amide bonds. The molecule has 0 fully saturated rings. The first-order chi connectivity index (χ1) is 5.20. The molecular weight excluding hydrogens is 160 g/mol. The van der Waals surface area contributed by atoms with Crippen molar-refractivity contribution in [3.63, 3.8) is 0 Å². The normalized spacial score (nSPS) is 14.5. The Balaban J connectivity index is 4.03. The number of aliphatic imine (C=N–C) groups is 1. The molecule has 0 heterocycles. The van der Waals surface area contributed by atoms with Gasteiger partial charge in [0.25, 0.3) is 0 Å².